The van der Waals surface area contributed by atoms with Gasteiger partial charge in [0.1, 0.15) is 5.82 Å². The number of halogens is 2. The summed E-state index contributed by atoms with van der Waals surface area (Å²) in [5, 5.41) is 0. The first-order valence-corrected chi connectivity index (χ1v) is 10.4. The van der Waals surface area contributed by atoms with Gasteiger partial charge in [0.15, 0.2) is 5.82 Å². The number of nitrogens with two attached hydrogens (primary N) is 1. The average Bonchev–Trinajstić information content (AvgIpc) is 2.73. The average molecular weight is 435 g/mol. The third-order valence-corrected chi connectivity index (χ3v) is 5.61. The summed E-state index contributed by atoms with van der Waals surface area (Å²) in [5.41, 5.74) is 5.80. The van der Waals surface area contributed by atoms with Gasteiger partial charge < -0.3 is 25.0 Å². The van der Waals surface area contributed by atoms with Crippen molar-refractivity contribution < 1.29 is 18.3 Å². The smallest absolute Gasteiger partial charge is 0.264 e. The van der Waals surface area contributed by atoms with E-state index in [4.69, 9.17) is 20.2 Å². The third-order valence-electron chi connectivity index (χ3n) is 5.61. The van der Waals surface area contributed by atoms with Crippen molar-refractivity contribution in [1.29, 1.82) is 0 Å². The van der Waals surface area contributed by atoms with Gasteiger partial charge in [-0.2, -0.15) is 15.0 Å². The van der Waals surface area contributed by atoms with E-state index in [1.807, 2.05) is 30.6 Å². The van der Waals surface area contributed by atoms with Crippen molar-refractivity contribution in [3.05, 3.63) is 17.8 Å². The van der Waals surface area contributed by atoms with Crippen LogP contribution in [0.5, 0.6) is 0 Å². The molecule has 9 nitrogen and oxygen atoms in total. The molecule has 31 heavy (non-hydrogen) atoms. The van der Waals surface area contributed by atoms with Crippen molar-refractivity contribution in [3.63, 3.8) is 0 Å². The first kappa shape index (κ1) is 21.6. The summed E-state index contributed by atoms with van der Waals surface area (Å²) < 4.78 is 38.7. The monoisotopic (exact) mass is 435 g/mol. The molecule has 0 aromatic carbocycles. The van der Waals surface area contributed by atoms with E-state index < -0.39 is 6.43 Å². The fourth-order valence-corrected chi connectivity index (χ4v) is 4.05. The first-order valence-electron chi connectivity index (χ1n) is 10.4. The maximum atomic E-state index is 13.8. The molecule has 4 heterocycles. The first-order chi connectivity index (χ1) is 14.9. The van der Waals surface area contributed by atoms with E-state index in [0.717, 1.165) is 0 Å². The number of aromatic nitrogens is 4. The number of alkyl halides is 2. The fourth-order valence-electron chi connectivity index (χ4n) is 4.05. The summed E-state index contributed by atoms with van der Waals surface area (Å²) in [6.45, 7) is 8.71. The van der Waals surface area contributed by atoms with Crippen molar-refractivity contribution in [1.82, 2.24) is 19.9 Å². The Balaban J connectivity index is 1.89. The van der Waals surface area contributed by atoms with E-state index >= 15 is 0 Å². The predicted molar refractivity (Wildman–Crippen MR) is 112 cm³/mol. The van der Waals surface area contributed by atoms with E-state index in [1.165, 1.54) is 12.3 Å². The molecule has 2 N–H and O–H groups in total. The molecule has 2 fully saturated rings. The summed E-state index contributed by atoms with van der Waals surface area (Å²) in [6, 6.07) is 1.29. The lowest BCUT2D eigenvalue weighted by Crippen LogP contribution is -2.51. The van der Waals surface area contributed by atoms with E-state index in [2.05, 4.69) is 15.0 Å². The van der Waals surface area contributed by atoms with Gasteiger partial charge in [-0.1, -0.05) is 0 Å². The Morgan fingerprint density at radius 1 is 1.00 bits per heavy atom. The molecular weight excluding hydrogens is 408 g/mol. The molecule has 0 radical (unpaired) electrons. The van der Waals surface area contributed by atoms with Gasteiger partial charge in [0, 0.05) is 18.3 Å². The second-order valence-corrected chi connectivity index (χ2v) is 7.98. The van der Waals surface area contributed by atoms with Crippen LogP contribution >= 0.6 is 0 Å². The second kappa shape index (κ2) is 8.83. The highest BCUT2D eigenvalue weighted by molar-refractivity contribution is 5.73. The minimum absolute atomic E-state index is 0.00905. The predicted octanol–water partition coefficient (Wildman–Crippen LogP) is 2.29. The Hall–Kier alpha value is -2.66. The molecule has 0 bridgehead atoms. The fraction of sp³-hybridized carbons (Fsp3) is 0.600. The van der Waals surface area contributed by atoms with E-state index in [9.17, 15) is 8.78 Å². The maximum absolute atomic E-state index is 13.8. The number of morpholine rings is 2. The van der Waals surface area contributed by atoms with Gasteiger partial charge in [-0.3, -0.25) is 0 Å². The van der Waals surface area contributed by atoms with E-state index in [-0.39, 0.29) is 40.9 Å². The number of nitrogen functional groups attached to an aromatic ring is 1. The quantitative estimate of drug-likeness (QED) is 0.775. The molecule has 2 saturated heterocycles. The molecule has 0 unspecified atom stereocenters. The van der Waals surface area contributed by atoms with Crippen LogP contribution in [0.1, 0.15) is 32.8 Å². The Labute approximate surface area is 179 Å². The highest BCUT2D eigenvalue weighted by Crippen LogP contribution is 2.34. The number of hydrogen-bond donors (Lipinski definition) is 1. The van der Waals surface area contributed by atoms with Gasteiger partial charge in [0.2, 0.25) is 11.9 Å². The summed E-state index contributed by atoms with van der Waals surface area (Å²) in [5.74, 6) is 0.861. The number of ether oxygens (including phenoxy) is 2. The van der Waals surface area contributed by atoms with Crippen LogP contribution in [0.25, 0.3) is 11.4 Å². The minimum Gasteiger partial charge on any atom is -0.383 e. The largest absolute Gasteiger partial charge is 0.383 e. The molecule has 2 aromatic heterocycles. The van der Waals surface area contributed by atoms with E-state index in [0.29, 0.717) is 44.9 Å². The number of nitrogens with zero attached hydrogens (tertiary/aromatic N) is 6. The van der Waals surface area contributed by atoms with Crippen LogP contribution in [0, 0.1) is 0 Å². The van der Waals surface area contributed by atoms with Crippen LogP contribution < -0.4 is 15.5 Å². The third kappa shape index (κ3) is 4.24. The topological polar surface area (TPSA) is 103 Å². The van der Waals surface area contributed by atoms with Gasteiger partial charge in [-0.25, -0.2) is 13.8 Å². The van der Waals surface area contributed by atoms with Gasteiger partial charge in [0.05, 0.1) is 50.1 Å². The molecule has 3 atom stereocenters. The Morgan fingerprint density at radius 2 is 1.68 bits per heavy atom. The zero-order chi connectivity index (χ0) is 22.1. The summed E-state index contributed by atoms with van der Waals surface area (Å²) in [6.07, 6.45) is -1.48. The number of pyridine rings is 1. The Kier molecular flexibility index (Phi) is 6.15. The zero-order valence-corrected chi connectivity index (χ0v) is 17.8. The molecule has 2 aliphatic heterocycles. The summed E-state index contributed by atoms with van der Waals surface area (Å²) in [7, 11) is 0. The van der Waals surface area contributed by atoms with Crippen LogP contribution in [0.2, 0.25) is 0 Å². The zero-order valence-electron chi connectivity index (χ0n) is 17.8. The van der Waals surface area contributed by atoms with Crippen LogP contribution in [0.3, 0.4) is 0 Å². The number of anilines is 3. The van der Waals surface area contributed by atoms with Gasteiger partial charge >= 0.3 is 0 Å². The Bertz CT molecular complexity index is 922. The molecule has 2 aliphatic rings. The normalized spacial score (nSPS) is 24.6. The van der Waals surface area contributed by atoms with Gasteiger partial charge in [-0.15, -0.1) is 0 Å². The van der Waals surface area contributed by atoms with Crippen molar-refractivity contribution in [3.8, 4) is 11.4 Å². The van der Waals surface area contributed by atoms with Crippen LogP contribution in [-0.2, 0) is 9.47 Å². The summed E-state index contributed by atoms with van der Waals surface area (Å²) >= 11 is 0. The molecule has 0 saturated carbocycles. The minimum atomic E-state index is -2.74. The van der Waals surface area contributed by atoms with Gasteiger partial charge in [-0.05, 0) is 26.8 Å². The lowest BCUT2D eigenvalue weighted by molar-refractivity contribution is 0.0746. The van der Waals surface area contributed by atoms with E-state index in [1.54, 1.807) is 0 Å². The number of rotatable bonds is 4. The van der Waals surface area contributed by atoms with Crippen LogP contribution in [-0.4, -0.2) is 71.0 Å². The molecular formula is C20H27F2N7O2. The standard InChI is InChI=1S/C20H27F2N7O2/c1-11-8-30-7-6-28(11)19-25-18(15-14(16(21)22)4-5-24-17(15)23)26-20(27-19)29-12(2)9-31-10-13(29)3/h4-5,11-13,16H,6-10H2,1-3H3,(H2,23,24)/t11-,12-,13-/m1/s1. The lowest BCUT2D eigenvalue weighted by Gasteiger charge is -2.39. The van der Waals surface area contributed by atoms with Crippen molar-refractivity contribution in [2.24, 2.45) is 0 Å². The molecule has 0 amide bonds. The molecule has 0 spiro atoms. The molecule has 0 aliphatic carbocycles. The summed E-state index contributed by atoms with van der Waals surface area (Å²) in [4.78, 5) is 21.9. The van der Waals surface area contributed by atoms with Crippen molar-refractivity contribution >= 4 is 17.7 Å². The maximum Gasteiger partial charge on any atom is 0.264 e. The second-order valence-electron chi connectivity index (χ2n) is 7.98. The van der Waals surface area contributed by atoms with Crippen molar-refractivity contribution in [2.75, 3.05) is 48.5 Å². The van der Waals surface area contributed by atoms with Crippen molar-refractivity contribution in [2.45, 2.75) is 45.3 Å². The van der Waals surface area contributed by atoms with Crippen LogP contribution in [0.4, 0.5) is 26.5 Å². The molecule has 4 rings (SSSR count). The van der Waals surface area contributed by atoms with Crippen LogP contribution in [0.15, 0.2) is 12.3 Å². The highest BCUT2D eigenvalue weighted by atomic mass is 19.3. The highest BCUT2D eigenvalue weighted by Gasteiger charge is 2.31. The SMILES string of the molecule is C[C@@H]1COCCN1c1nc(-c2c(C(F)F)ccnc2N)nc(N2[C@H](C)COC[C@H]2C)n1. The Morgan fingerprint density at radius 3 is 2.35 bits per heavy atom. The lowest BCUT2D eigenvalue weighted by atomic mass is 10.1. The molecule has 2 aromatic rings. The molecule has 168 valence electrons. The van der Waals surface area contributed by atoms with Gasteiger partial charge in [0.25, 0.3) is 6.43 Å². The number of hydrogen-bond acceptors (Lipinski definition) is 9. The molecule has 11 heteroatoms.